The fraction of sp³-hybridized carbons (Fsp3) is 0.200. The Bertz CT molecular complexity index is 466. The molecule has 1 aromatic heterocycles. The highest BCUT2D eigenvalue weighted by atomic mass is 79.9. The lowest BCUT2D eigenvalue weighted by Gasteiger charge is -2.08. The lowest BCUT2D eigenvalue weighted by Crippen LogP contribution is -1.95. The molecule has 0 aliphatic carbocycles. The number of hydrogen-bond acceptors (Lipinski definition) is 3. The van der Waals surface area contributed by atoms with Gasteiger partial charge in [0.1, 0.15) is 0 Å². The third-order valence-corrected chi connectivity index (χ3v) is 3.80. The third kappa shape index (κ3) is 1.43. The molecule has 0 unspecified atom stereocenters. The zero-order valence-electron chi connectivity index (χ0n) is 7.46. The Kier molecular flexibility index (Phi) is 2.76. The zero-order valence-corrected chi connectivity index (χ0v) is 9.86. The quantitative estimate of drug-likeness (QED) is 0.652. The van der Waals surface area contributed by atoms with Crippen molar-refractivity contribution in [2.24, 2.45) is 0 Å². The number of alkyl halides is 1. The average Bonchev–Trinajstić information content (AvgIpc) is 2.66. The van der Waals surface area contributed by atoms with Crippen LogP contribution in [0.3, 0.4) is 0 Å². The smallest absolute Gasteiger partial charge is 0.0685 e. The monoisotopic (exact) mass is 271 g/mol. The molecule has 14 heavy (non-hydrogen) atoms. The molecule has 3 N–H and O–H groups in total. The van der Waals surface area contributed by atoms with Crippen LogP contribution in [0.5, 0.6) is 0 Å². The number of nitrogens with two attached hydrogens (primary N) is 1. The van der Waals surface area contributed by atoms with Crippen LogP contribution in [-0.4, -0.2) is 5.11 Å². The summed E-state index contributed by atoms with van der Waals surface area (Å²) in [6.07, 6.45) is 0. The first-order valence-corrected chi connectivity index (χ1v) is 6.22. The highest BCUT2D eigenvalue weighted by molar-refractivity contribution is 9.08. The third-order valence-electron chi connectivity index (χ3n) is 2.27. The van der Waals surface area contributed by atoms with Crippen LogP contribution < -0.4 is 5.73 Å². The van der Waals surface area contributed by atoms with Crippen LogP contribution in [0.25, 0.3) is 10.1 Å². The summed E-state index contributed by atoms with van der Waals surface area (Å²) in [4.78, 5) is 0. The SMILES string of the molecule is Nc1cc(CO)c(CBr)c2ccsc12. The molecule has 0 aliphatic heterocycles. The van der Waals surface area contributed by atoms with Crippen LogP contribution in [-0.2, 0) is 11.9 Å². The summed E-state index contributed by atoms with van der Waals surface area (Å²) in [5, 5.41) is 13.1. The fourth-order valence-corrected chi connectivity index (χ4v) is 3.10. The van der Waals surface area contributed by atoms with Gasteiger partial charge >= 0.3 is 0 Å². The topological polar surface area (TPSA) is 46.2 Å². The van der Waals surface area contributed by atoms with Gasteiger partial charge in [0.15, 0.2) is 0 Å². The molecule has 2 aromatic rings. The first kappa shape index (κ1) is 9.96. The molecule has 0 bridgehead atoms. The molecule has 2 rings (SSSR count). The maximum absolute atomic E-state index is 9.20. The van der Waals surface area contributed by atoms with Gasteiger partial charge in [-0.05, 0) is 34.0 Å². The van der Waals surface area contributed by atoms with E-state index >= 15 is 0 Å². The number of hydrogen-bond donors (Lipinski definition) is 2. The standard InChI is InChI=1S/C10H10BrNOS/c11-4-8-6(5-13)3-9(12)10-7(8)1-2-14-10/h1-3,13H,4-5,12H2. The molecule has 0 atom stereocenters. The first-order valence-electron chi connectivity index (χ1n) is 4.22. The Labute approximate surface area is 94.5 Å². The van der Waals surface area contributed by atoms with Crippen molar-refractivity contribution < 1.29 is 5.11 Å². The van der Waals surface area contributed by atoms with E-state index in [1.54, 1.807) is 11.3 Å². The van der Waals surface area contributed by atoms with Crippen molar-refractivity contribution in [3.8, 4) is 0 Å². The first-order chi connectivity index (χ1) is 6.77. The number of aliphatic hydroxyl groups excluding tert-OH is 1. The zero-order chi connectivity index (χ0) is 10.1. The van der Waals surface area contributed by atoms with Crippen molar-refractivity contribution in [2.45, 2.75) is 11.9 Å². The van der Waals surface area contributed by atoms with Gasteiger partial charge in [0, 0.05) is 11.0 Å². The predicted molar refractivity (Wildman–Crippen MR) is 64.8 cm³/mol. The number of thiophene rings is 1. The maximum Gasteiger partial charge on any atom is 0.0685 e. The summed E-state index contributed by atoms with van der Waals surface area (Å²) in [5.41, 5.74) is 8.68. The Hall–Kier alpha value is -0.580. The number of anilines is 1. The molecule has 0 saturated heterocycles. The second-order valence-corrected chi connectivity index (χ2v) is 4.54. The van der Waals surface area contributed by atoms with Crippen LogP contribution in [0.4, 0.5) is 5.69 Å². The summed E-state index contributed by atoms with van der Waals surface area (Å²) in [7, 11) is 0. The minimum absolute atomic E-state index is 0.0386. The van der Waals surface area contributed by atoms with Crippen molar-refractivity contribution >= 4 is 43.0 Å². The fourth-order valence-electron chi connectivity index (χ4n) is 1.58. The predicted octanol–water partition coefficient (Wildman–Crippen LogP) is 2.87. The van der Waals surface area contributed by atoms with Crippen LogP contribution in [0, 0.1) is 0 Å². The van der Waals surface area contributed by atoms with Gasteiger partial charge in [-0.25, -0.2) is 0 Å². The van der Waals surface area contributed by atoms with Crippen LogP contribution in [0.2, 0.25) is 0 Å². The van der Waals surface area contributed by atoms with Gasteiger partial charge in [0.2, 0.25) is 0 Å². The Morgan fingerprint density at radius 3 is 2.93 bits per heavy atom. The largest absolute Gasteiger partial charge is 0.398 e. The van der Waals surface area contributed by atoms with E-state index in [0.29, 0.717) is 0 Å². The summed E-state index contributed by atoms with van der Waals surface area (Å²) < 4.78 is 1.11. The van der Waals surface area contributed by atoms with Gasteiger partial charge in [-0.2, -0.15) is 0 Å². The summed E-state index contributed by atoms with van der Waals surface area (Å²) in [6, 6.07) is 3.90. The van der Waals surface area contributed by atoms with Crippen LogP contribution in [0.15, 0.2) is 17.5 Å². The lowest BCUT2D eigenvalue weighted by molar-refractivity contribution is 0.281. The minimum Gasteiger partial charge on any atom is -0.398 e. The number of aliphatic hydroxyl groups is 1. The highest BCUT2D eigenvalue weighted by Crippen LogP contribution is 2.33. The van der Waals surface area contributed by atoms with E-state index in [1.807, 2.05) is 17.5 Å². The highest BCUT2D eigenvalue weighted by Gasteiger charge is 2.09. The van der Waals surface area contributed by atoms with Gasteiger partial charge in [0.05, 0.1) is 11.3 Å². The van der Waals surface area contributed by atoms with E-state index in [2.05, 4.69) is 15.9 Å². The molecule has 1 aromatic carbocycles. The van der Waals surface area contributed by atoms with Crippen molar-refractivity contribution in [3.63, 3.8) is 0 Å². The Morgan fingerprint density at radius 2 is 2.29 bits per heavy atom. The Balaban J connectivity index is 2.82. The maximum atomic E-state index is 9.20. The molecule has 0 spiro atoms. The van der Waals surface area contributed by atoms with Gasteiger partial charge in [-0.1, -0.05) is 15.9 Å². The van der Waals surface area contributed by atoms with Gasteiger partial charge in [-0.15, -0.1) is 11.3 Å². The number of benzene rings is 1. The van der Waals surface area contributed by atoms with Crippen LogP contribution >= 0.6 is 27.3 Å². The van der Waals surface area contributed by atoms with Crippen molar-refractivity contribution in [1.29, 1.82) is 0 Å². The molecule has 74 valence electrons. The van der Waals surface area contributed by atoms with E-state index in [9.17, 15) is 5.11 Å². The molecule has 0 fully saturated rings. The summed E-state index contributed by atoms with van der Waals surface area (Å²) in [5.74, 6) is 0. The van der Waals surface area contributed by atoms with Gasteiger partial charge in [0.25, 0.3) is 0 Å². The molecular weight excluding hydrogens is 262 g/mol. The summed E-state index contributed by atoms with van der Waals surface area (Å²) >= 11 is 5.07. The normalized spacial score (nSPS) is 11.0. The molecule has 0 radical (unpaired) electrons. The number of halogens is 1. The number of fused-ring (bicyclic) bond motifs is 1. The summed E-state index contributed by atoms with van der Waals surface area (Å²) in [6.45, 7) is 0.0386. The molecular formula is C10H10BrNOS. The van der Waals surface area contributed by atoms with Crippen LogP contribution in [0.1, 0.15) is 11.1 Å². The average molecular weight is 272 g/mol. The van der Waals surface area contributed by atoms with Gasteiger partial charge in [-0.3, -0.25) is 0 Å². The molecule has 1 heterocycles. The number of rotatable bonds is 2. The van der Waals surface area contributed by atoms with Gasteiger partial charge < -0.3 is 10.8 Å². The van der Waals surface area contributed by atoms with Crippen molar-refractivity contribution in [2.75, 3.05) is 5.73 Å². The lowest BCUT2D eigenvalue weighted by atomic mass is 10.0. The molecule has 4 heteroatoms. The van der Waals surface area contributed by atoms with E-state index < -0.39 is 0 Å². The minimum atomic E-state index is 0.0386. The van der Waals surface area contributed by atoms with Crippen molar-refractivity contribution in [3.05, 3.63) is 28.6 Å². The molecule has 0 amide bonds. The molecule has 2 nitrogen and oxygen atoms in total. The molecule has 0 saturated carbocycles. The van der Waals surface area contributed by atoms with E-state index in [4.69, 9.17) is 5.73 Å². The second kappa shape index (κ2) is 3.88. The second-order valence-electron chi connectivity index (χ2n) is 3.06. The van der Waals surface area contributed by atoms with E-state index in [-0.39, 0.29) is 6.61 Å². The molecule has 0 aliphatic rings. The van der Waals surface area contributed by atoms with E-state index in [0.717, 1.165) is 32.2 Å². The Morgan fingerprint density at radius 1 is 1.50 bits per heavy atom. The van der Waals surface area contributed by atoms with Crippen molar-refractivity contribution in [1.82, 2.24) is 0 Å². The number of nitrogen functional groups attached to an aromatic ring is 1. The van der Waals surface area contributed by atoms with E-state index in [1.165, 1.54) is 0 Å².